The molecule has 1 heteroatoms. The summed E-state index contributed by atoms with van der Waals surface area (Å²) in [7, 11) is 0. The molecule has 0 fully saturated rings. The lowest BCUT2D eigenvalue weighted by atomic mass is 10.0. The molecule has 1 heterocycles. The number of hydrogen-bond acceptors (Lipinski definition) is 1. The summed E-state index contributed by atoms with van der Waals surface area (Å²) < 4.78 is 0. The molecular weight excluding hydrogens is 206 g/mol. The Labute approximate surface area is 106 Å². The quantitative estimate of drug-likeness (QED) is 0.726. The third-order valence-electron chi connectivity index (χ3n) is 3.20. The van der Waals surface area contributed by atoms with E-state index in [1.807, 2.05) is 13.8 Å². The van der Waals surface area contributed by atoms with Crippen molar-refractivity contribution in [2.45, 2.75) is 53.6 Å². The molecule has 0 N–H and O–H groups in total. The van der Waals surface area contributed by atoms with E-state index in [1.165, 1.54) is 22.4 Å². The van der Waals surface area contributed by atoms with Gasteiger partial charge in [-0.15, -0.1) is 0 Å². The van der Waals surface area contributed by atoms with Gasteiger partial charge in [0.05, 0.1) is 0 Å². The Bertz CT molecular complexity index is 391. The highest BCUT2D eigenvalue weighted by Gasteiger charge is 2.23. The van der Waals surface area contributed by atoms with E-state index >= 15 is 0 Å². The van der Waals surface area contributed by atoms with Crippen LogP contribution in [0.5, 0.6) is 0 Å². The van der Waals surface area contributed by atoms with Crippen LogP contribution in [0.3, 0.4) is 0 Å². The van der Waals surface area contributed by atoms with E-state index in [4.69, 9.17) is 0 Å². The molecule has 1 nitrogen and oxygen atoms in total. The first-order valence-corrected chi connectivity index (χ1v) is 6.71. The Morgan fingerprint density at radius 3 is 2.47 bits per heavy atom. The fourth-order valence-corrected chi connectivity index (χ4v) is 2.18. The fraction of sp³-hybridized carbons (Fsp3) is 0.500. The zero-order chi connectivity index (χ0) is 13.0. The van der Waals surface area contributed by atoms with Gasteiger partial charge in [-0.05, 0) is 37.5 Å². The largest absolute Gasteiger partial charge is 0.365 e. The molecule has 1 aliphatic heterocycles. The molecule has 0 atom stereocenters. The second-order valence-corrected chi connectivity index (χ2v) is 4.51. The van der Waals surface area contributed by atoms with Crippen molar-refractivity contribution < 1.29 is 0 Å². The monoisotopic (exact) mass is 231 g/mol. The average Bonchev–Trinajstić information content (AvgIpc) is 2.69. The summed E-state index contributed by atoms with van der Waals surface area (Å²) in [5, 5.41) is 0. The van der Waals surface area contributed by atoms with E-state index in [1.54, 1.807) is 0 Å². The van der Waals surface area contributed by atoms with Gasteiger partial charge in [-0.2, -0.15) is 0 Å². The first-order valence-electron chi connectivity index (χ1n) is 6.71. The maximum atomic E-state index is 4.20. The number of fused-ring (bicyclic) bond motifs is 1. The summed E-state index contributed by atoms with van der Waals surface area (Å²) in [4.78, 5) is 2.37. The first kappa shape index (κ1) is 13.8. The van der Waals surface area contributed by atoms with Crippen molar-refractivity contribution in [2.75, 3.05) is 0 Å². The summed E-state index contributed by atoms with van der Waals surface area (Å²) in [6.45, 7) is 15.9. The van der Waals surface area contributed by atoms with Crippen LogP contribution in [0.25, 0.3) is 5.70 Å². The fourth-order valence-electron chi connectivity index (χ4n) is 2.18. The van der Waals surface area contributed by atoms with Gasteiger partial charge in [0.1, 0.15) is 0 Å². The number of aryl methyl sites for hydroxylation is 1. The van der Waals surface area contributed by atoms with Crippen molar-refractivity contribution >= 4 is 5.70 Å². The SMILES string of the molecule is C=C1c2cc(CC)ccc2CN1C(C)C.CC. The van der Waals surface area contributed by atoms with Gasteiger partial charge < -0.3 is 4.90 Å². The van der Waals surface area contributed by atoms with Gasteiger partial charge in [-0.3, -0.25) is 0 Å². The molecule has 0 aliphatic carbocycles. The molecule has 0 saturated heterocycles. The smallest absolute Gasteiger partial charge is 0.0439 e. The molecule has 2 rings (SSSR count). The van der Waals surface area contributed by atoms with Gasteiger partial charge in [-0.25, -0.2) is 0 Å². The molecule has 17 heavy (non-hydrogen) atoms. The highest BCUT2D eigenvalue weighted by atomic mass is 15.2. The molecule has 0 amide bonds. The molecule has 0 unspecified atom stereocenters. The number of nitrogens with zero attached hydrogens (tertiary/aromatic N) is 1. The lowest BCUT2D eigenvalue weighted by Gasteiger charge is -2.23. The van der Waals surface area contributed by atoms with E-state index in [0.717, 1.165) is 13.0 Å². The maximum Gasteiger partial charge on any atom is 0.0439 e. The predicted octanol–water partition coefficient (Wildman–Crippen LogP) is 4.47. The van der Waals surface area contributed by atoms with Gasteiger partial charge in [0.2, 0.25) is 0 Å². The second kappa shape index (κ2) is 5.90. The molecule has 0 bridgehead atoms. The standard InChI is InChI=1S/C14H19N.C2H6/c1-5-12-6-7-13-9-15(10(2)3)11(4)14(13)8-12;1-2/h6-8,10H,4-5,9H2,1-3H3;1-2H3. The Morgan fingerprint density at radius 1 is 1.29 bits per heavy atom. The van der Waals surface area contributed by atoms with E-state index in [0.29, 0.717) is 6.04 Å². The third-order valence-corrected chi connectivity index (χ3v) is 3.20. The maximum absolute atomic E-state index is 4.20. The van der Waals surface area contributed by atoms with Gasteiger partial charge >= 0.3 is 0 Å². The zero-order valence-corrected chi connectivity index (χ0v) is 11.9. The van der Waals surface area contributed by atoms with Crippen LogP contribution in [0.4, 0.5) is 0 Å². The normalized spacial score (nSPS) is 13.5. The molecule has 0 radical (unpaired) electrons. The lowest BCUT2D eigenvalue weighted by molar-refractivity contribution is 0.339. The molecule has 0 spiro atoms. The number of rotatable bonds is 2. The minimum Gasteiger partial charge on any atom is -0.365 e. The highest BCUT2D eigenvalue weighted by Crippen LogP contribution is 2.33. The minimum absolute atomic E-state index is 0.537. The zero-order valence-electron chi connectivity index (χ0n) is 11.9. The van der Waals surface area contributed by atoms with Gasteiger partial charge in [0.25, 0.3) is 0 Å². The first-order chi connectivity index (χ1) is 8.13. The Balaban J connectivity index is 0.000000686. The summed E-state index contributed by atoms with van der Waals surface area (Å²) in [5.74, 6) is 0. The Kier molecular flexibility index (Phi) is 4.80. The van der Waals surface area contributed by atoms with Crippen LogP contribution in [0.2, 0.25) is 0 Å². The van der Waals surface area contributed by atoms with E-state index in [2.05, 4.69) is 50.4 Å². The van der Waals surface area contributed by atoms with Crippen molar-refractivity contribution in [3.63, 3.8) is 0 Å². The molecular formula is C16H25N. The van der Waals surface area contributed by atoms with Gasteiger partial charge in [-0.1, -0.05) is 39.5 Å². The summed E-state index contributed by atoms with van der Waals surface area (Å²) in [6, 6.07) is 7.31. The highest BCUT2D eigenvalue weighted by molar-refractivity contribution is 5.69. The van der Waals surface area contributed by atoms with Gasteiger partial charge in [0, 0.05) is 23.8 Å². The van der Waals surface area contributed by atoms with Crippen LogP contribution < -0.4 is 0 Å². The molecule has 1 aromatic rings. The molecule has 0 saturated carbocycles. The lowest BCUT2D eigenvalue weighted by Crippen LogP contribution is -2.23. The van der Waals surface area contributed by atoms with Crippen molar-refractivity contribution in [1.29, 1.82) is 0 Å². The molecule has 0 aromatic heterocycles. The van der Waals surface area contributed by atoms with Crippen molar-refractivity contribution in [2.24, 2.45) is 0 Å². The van der Waals surface area contributed by atoms with Crippen LogP contribution in [0, 0.1) is 0 Å². The third kappa shape index (κ3) is 2.71. The summed E-state index contributed by atoms with van der Waals surface area (Å²) >= 11 is 0. The van der Waals surface area contributed by atoms with Crippen molar-refractivity contribution in [3.8, 4) is 0 Å². The Morgan fingerprint density at radius 2 is 1.94 bits per heavy atom. The van der Waals surface area contributed by atoms with Crippen LogP contribution in [0.1, 0.15) is 51.3 Å². The van der Waals surface area contributed by atoms with Crippen LogP contribution in [-0.4, -0.2) is 10.9 Å². The van der Waals surface area contributed by atoms with Crippen LogP contribution in [-0.2, 0) is 13.0 Å². The van der Waals surface area contributed by atoms with E-state index in [-0.39, 0.29) is 0 Å². The average molecular weight is 231 g/mol. The van der Waals surface area contributed by atoms with Crippen molar-refractivity contribution in [1.82, 2.24) is 4.90 Å². The predicted molar refractivity (Wildman–Crippen MR) is 76.9 cm³/mol. The van der Waals surface area contributed by atoms with E-state index in [9.17, 15) is 0 Å². The van der Waals surface area contributed by atoms with E-state index < -0.39 is 0 Å². The minimum atomic E-state index is 0.537. The number of hydrogen-bond donors (Lipinski definition) is 0. The molecule has 1 aromatic carbocycles. The topological polar surface area (TPSA) is 3.24 Å². The van der Waals surface area contributed by atoms with Gasteiger partial charge in [0.15, 0.2) is 0 Å². The second-order valence-electron chi connectivity index (χ2n) is 4.51. The number of benzene rings is 1. The van der Waals surface area contributed by atoms with Crippen molar-refractivity contribution in [3.05, 3.63) is 41.5 Å². The Hall–Kier alpha value is -1.24. The van der Waals surface area contributed by atoms with Crippen LogP contribution in [0.15, 0.2) is 24.8 Å². The molecule has 94 valence electrons. The van der Waals surface area contributed by atoms with Crippen LogP contribution >= 0.6 is 0 Å². The molecule has 1 aliphatic rings. The summed E-state index contributed by atoms with van der Waals surface area (Å²) in [6.07, 6.45) is 1.10. The summed E-state index contributed by atoms with van der Waals surface area (Å²) in [5.41, 5.74) is 5.37.